The van der Waals surface area contributed by atoms with Gasteiger partial charge in [-0.3, -0.25) is 0 Å². The quantitative estimate of drug-likeness (QED) is 0.247. The molecule has 1 aliphatic carbocycles. The molecule has 0 aliphatic heterocycles. The van der Waals surface area contributed by atoms with Crippen molar-refractivity contribution >= 4 is 0 Å². The van der Waals surface area contributed by atoms with Crippen LogP contribution in [0.4, 0.5) is 0 Å². The topological polar surface area (TPSA) is 35.0 Å². The van der Waals surface area contributed by atoms with Gasteiger partial charge in [0.25, 0.3) is 0 Å². The summed E-state index contributed by atoms with van der Waals surface area (Å²) in [5.41, 5.74) is 2.22. The zero-order valence-corrected chi connectivity index (χ0v) is 20.4. The number of benzene rings is 1. The smallest absolute Gasteiger partial charge is 0.220 e. The van der Waals surface area contributed by atoms with E-state index >= 15 is 0 Å². The Balaban J connectivity index is 1.47. The molecule has 0 N–H and O–H groups in total. The molecule has 0 saturated heterocycles. The number of aryl methyl sites for hydroxylation is 1. The largest absolute Gasteiger partial charge is 0.477 e. The van der Waals surface area contributed by atoms with Crippen molar-refractivity contribution in [2.24, 2.45) is 5.92 Å². The zero-order chi connectivity index (χ0) is 22.3. The first-order valence-corrected chi connectivity index (χ1v) is 13.4. The molecule has 176 valence electrons. The first kappa shape index (κ1) is 24.7. The average molecular weight is 437 g/mol. The van der Waals surface area contributed by atoms with Crippen LogP contribution < -0.4 is 4.74 Å². The molecule has 0 atom stereocenters. The summed E-state index contributed by atoms with van der Waals surface area (Å²) in [6.07, 6.45) is 23.2. The summed E-state index contributed by atoms with van der Waals surface area (Å²) < 4.78 is 6.23. The van der Waals surface area contributed by atoms with Crippen LogP contribution >= 0.6 is 0 Å². The van der Waals surface area contributed by atoms with Crippen LogP contribution in [0.5, 0.6) is 5.88 Å². The van der Waals surface area contributed by atoms with E-state index < -0.39 is 0 Å². The Labute approximate surface area is 196 Å². The molecule has 3 heteroatoms. The summed E-state index contributed by atoms with van der Waals surface area (Å²) in [5, 5.41) is 0. The van der Waals surface area contributed by atoms with E-state index in [4.69, 9.17) is 9.72 Å². The average Bonchev–Trinajstić information content (AvgIpc) is 3.35. The molecule has 0 bridgehead atoms. The highest BCUT2D eigenvalue weighted by Crippen LogP contribution is 2.29. The van der Waals surface area contributed by atoms with E-state index in [1.807, 2.05) is 24.4 Å². The summed E-state index contributed by atoms with van der Waals surface area (Å²) in [5.74, 6) is 2.57. The molecular formula is C29H44N2O. The number of ether oxygens (including phenoxy) is 1. The Hall–Kier alpha value is -1.90. The molecule has 2 aromatic rings. The molecule has 1 aromatic carbocycles. The van der Waals surface area contributed by atoms with E-state index in [-0.39, 0.29) is 0 Å². The maximum atomic E-state index is 6.23. The van der Waals surface area contributed by atoms with Crippen LogP contribution in [0, 0.1) is 5.92 Å². The molecule has 1 saturated carbocycles. The van der Waals surface area contributed by atoms with E-state index in [0.717, 1.165) is 42.6 Å². The van der Waals surface area contributed by atoms with Crippen molar-refractivity contribution in [3.05, 3.63) is 42.1 Å². The molecule has 1 fully saturated rings. The van der Waals surface area contributed by atoms with Gasteiger partial charge in [-0.2, -0.15) is 4.98 Å². The van der Waals surface area contributed by atoms with Crippen molar-refractivity contribution in [3.63, 3.8) is 0 Å². The lowest BCUT2D eigenvalue weighted by Crippen LogP contribution is -2.05. The number of nitrogens with zero attached hydrogens (tertiary/aromatic N) is 2. The molecule has 3 rings (SSSR count). The molecule has 1 aliphatic rings. The highest BCUT2D eigenvalue weighted by atomic mass is 16.5. The van der Waals surface area contributed by atoms with Crippen molar-refractivity contribution in [1.82, 2.24) is 9.97 Å². The first-order chi connectivity index (χ1) is 15.9. The second-order valence-corrected chi connectivity index (χ2v) is 9.61. The van der Waals surface area contributed by atoms with Gasteiger partial charge in [0.2, 0.25) is 5.88 Å². The third-order valence-corrected chi connectivity index (χ3v) is 6.88. The number of hydrogen-bond acceptors (Lipinski definition) is 3. The van der Waals surface area contributed by atoms with E-state index in [1.165, 1.54) is 95.5 Å². The van der Waals surface area contributed by atoms with Gasteiger partial charge in [0, 0.05) is 17.3 Å². The molecule has 0 spiro atoms. The lowest BCUT2D eigenvalue weighted by Gasteiger charge is -2.12. The molecule has 32 heavy (non-hydrogen) atoms. The van der Waals surface area contributed by atoms with E-state index in [9.17, 15) is 0 Å². The molecule has 0 amide bonds. The van der Waals surface area contributed by atoms with Gasteiger partial charge in [0.15, 0.2) is 5.82 Å². The van der Waals surface area contributed by atoms with Gasteiger partial charge in [-0.05, 0) is 25.2 Å². The van der Waals surface area contributed by atoms with Crippen LogP contribution in [0.2, 0.25) is 0 Å². The molecule has 0 radical (unpaired) electrons. The molecule has 1 heterocycles. The fourth-order valence-corrected chi connectivity index (χ4v) is 4.87. The molecule has 0 unspecified atom stereocenters. The Morgan fingerprint density at radius 3 is 2.34 bits per heavy atom. The van der Waals surface area contributed by atoms with Crippen molar-refractivity contribution in [2.75, 3.05) is 6.61 Å². The number of unbranched alkanes of at least 4 members (excludes halogenated alkanes) is 8. The predicted molar refractivity (Wildman–Crippen MR) is 135 cm³/mol. The van der Waals surface area contributed by atoms with Crippen molar-refractivity contribution < 1.29 is 4.74 Å². The maximum absolute atomic E-state index is 6.23. The van der Waals surface area contributed by atoms with Gasteiger partial charge >= 0.3 is 0 Å². The van der Waals surface area contributed by atoms with E-state index in [0.29, 0.717) is 0 Å². The molecule has 3 nitrogen and oxygen atoms in total. The van der Waals surface area contributed by atoms with Crippen LogP contribution in [-0.2, 0) is 6.42 Å². The van der Waals surface area contributed by atoms with Gasteiger partial charge in [-0.1, -0.05) is 121 Å². The molecule has 1 aromatic heterocycles. The SMILES string of the molecule is CCCCCCCCCc1cnc(-c2ccccc2)nc1OCCCCCC1CCCC1. The Kier molecular flexibility index (Phi) is 11.6. The summed E-state index contributed by atoms with van der Waals surface area (Å²) in [6, 6.07) is 10.2. The van der Waals surface area contributed by atoms with Crippen molar-refractivity contribution in [1.29, 1.82) is 0 Å². The number of rotatable bonds is 16. The normalized spacial score (nSPS) is 14.2. The monoisotopic (exact) mass is 436 g/mol. The highest BCUT2D eigenvalue weighted by Gasteiger charge is 2.14. The van der Waals surface area contributed by atoms with Crippen molar-refractivity contribution in [3.8, 4) is 17.3 Å². The minimum Gasteiger partial charge on any atom is -0.477 e. The summed E-state index contributed by atoms with van der Waals surface area (Å²) in [7, 11) is 0. The summed E-state index contributed by atoms with van der Waals surface area (Å²) >= 11 is 0. The maximum Gasteiger partial charge on any atom is 0.220 e. The van der Waals surface area contributed by atoms with Gasteiger partial charge in [-0.15, -0.1) is 0 Å². The minimum absolute atomic E-state index is 0.764. The van der Waals surface area contributed by atoms with E-state index in [1.54, 1.807) is 0 Å². The van der Waals surface area contributed by atoms with Gasteiger partial charge in [0.05, 0.1) is 6.61 Å². The third-order valence-electron chi connectivity index (χ3n) is 6.88. The van der Waals surface area contributed by atoms with Crippen molar-refractivity contribution in [2.45, 2.75) is 110 Å². The Bertz CT molecular complexity index is 740. The fourth-order valence-electron chi connectivity index (χ4n) is 4.87. The van der Waals surface area contributed by atoms with Crippen LogP contribution in [0.1, 0.15) is 109 Å². The van der Waals surface area contributed by atoms with Crippen LogP contribution in [-0.4, -0.2) is 16.6 Å². The summed E-state index contributed by atoms with van der Waals surface area (Å²) in [4.78, 5) is 9.49. The Morgan fingerprint density at radius 2 is 1.56 bits per heavy atom. The fraction of sp³-hybridized carbons (Fsp3) is 0.655. The second kappa shape index (κ2) is 15.0. The minimum atomic E-state index is 0.764. The first-order valence-electron chi connectivity index (χ1n) is 13.4. The van der Waals surface area contributed by atoms with Gasteiger partial charge < -0.3 is 4.74 Å². The third kappa shape index (κ3) is 8.92. The van der Waals surface area contributed by atoms with Crippen LogP contribution in [0.3, 0.4) is 0 Å². The number of aromatic nitrogens is 2. The standard InChI is InChI=1S/C29H44N2O/c1-2-3-4-5-6-7-11-22-27-24-30-28(26-20-12-8-13-21-26)31-29(27)32-23-16-9-10-17-25-18-14-15-19-25/h8,12-13,20-21,24-25H,2-7,9-11,14-19,22-23H2,1H3. The van der Waals surface area contributed by atoms with Gasteiger partial charge in [0.1, 0.15) is 0 Å². The van der Waals surface area contributed by atoms with E-state index in [2.05, 4.69) is 24.0 Å². The lowest BCUT2D eigenvalue weighted by atomic mass is 10.0. The number of hydrogen-bond donors (Lipinski definition) is 0. The molecular weight excluding hydrogens is 392 g/mol. The Morgan fingerprint density at radius 1 is 0.844 bits per heavy atom. The summed E-state index contributed by atoms with van der Waals surface area (Å²) in [6.45, 7) is 3.04. The van der Waals surface area contributed by atoms with Gasteiger partial charge in [-0.25, -0.2) is 4.98 Å². The second-order valence-electron chi connectivity index (χ2n) is 9.61. The highest BCUT2D eigenvalue weighted by molar-refractivity contribution is 5.55. The predicted octanol–water partition coefficient (Wildman–Crippen LogP) is 8.57. The zero-order valence-electron chi connectivity index (χ0n) is 20.4. The van der Waals surface area contributed by atoms with Crippen LogP contribution in [0.15, 0.2) is 36.5 Å². The lowest BCUT2D eigenvalue weighted by molar-refractivity contribution is 0.287. The van der Waals surface area contributed by atoms with Crippen LogP contribution in [0.25, 0.3) is 11.4 Å².